The normalized spacial score (nSPS) is 18.5. The maximum absolute atomic E-state index is 12.7. The molecule has 1 heterocycles. The van der Waals surface area contributed by atoms with Crippen molar-refractivity contribution in [3.8, 4) is 5.75 Å². The topological polar surface area (TPSA) is 101 Å². The summed E-state index contributed by atoms with van der Waals surface area (Å²) in [7, 11) is -3.31. The molecule has 0 saturated carbocycles. The second kappa shape index (κ2) is 5.91. The van der Waals surface area contributed by atoms with Gasteiger partial charge in [-0.25, -0.2) is 4.79 Å². The number of anilines is 1. The van der Waals surface area contributed by atoms with Gasteiger partial charge in [-0.3, -0.25) is 4.79 Å². The molecule has 1 amide bonds. The Morgan fingerprint density at radius 2 is 2.18 bits per heavy atom. The van der Waals surface area contributed by atoms with Crippen LogP contribution in [0.3, 0.4) is 0 Å². The Hall–Kier alpha value is -2.16. The van der Waals surface area contributed by atoms with E-state index >= 15 is 0 Å². The molecule has 1 saturated heterocycles. The van der Waals surface area contributed by atoms with Gasteiger partial charge in [-0.2, -0.15) is 8.42 Å². The number of hydrogen-bond acceptors (Lipinski definition) is 5. The highest BCUT2D eigenvalue weighted by Crippen LogP contribution is 2.31. The van der Waals surface area contributed by atoms with Crippen molar-refractivity contribution < 1.29 is 31.7 Å². The minimum atomic E-state index is -4.69. The number of amides is 1. The lowest BCUT2D eigenvalue weighted by molar-refractivity contribution is -0.117. The van der Waals surface area contributed by atoms with Crippen molar-refractivity contribution in [3.63, 3.8) is 0 Å². The molecule has 1 aliphatic heterocycles. The zero-order valence-electron chi connectivity index (χ0n) is 11.7. The molecule has 1 unspecified atom stereocenters. The summed E-state index contributed by atoms with van der Waals surface area (Å²) in [5.74, 6) is -2.83. The van der Waals surface area contributed by atoms with Gasteiger partial charge in [0.1, 0.15) is 5.75 Å². The number of ether oxygens (including phenoxy) is 1. The fourth-order valence-electron chi connectivity index (χ4n) is 2.46. The Morgan fingerprint density at radius 1 is 1.50 bits per heavy atom. The molecule has 0 aromatic heterocycles. The van der Waals surface area contributed by atoms with Gasteiger partial charge in [0.15, 0.2) is 0 Å². The molecule has 1 N–H and O–H groups in total. The van der Waals surface area contributed by atoms with Crippen molar-refractivity contribution in [3.05, 3.63) is 23.8 Å². The average Bonchev–Trinajstić information content (AvgIpc) is 2.76. The molecular formula is C13H14FNO6S. The highest BCUT2D eigenvalue weighted by atomic mass is 32.3. The van der Waals surface area contributed by atoms with Crippen LogP contribution in [0.1, 0.15) is 16.8 Å². The van der Waals surface area contributed by atoms with Crippen LogP contribution >= 0.6 is 0 Å². The maximum Gasteiger partial charge on any atom is 0.337 e. The molecule has 120 valence electrons. The quantitative estimate of drug-likeness (QED) is 0.809. The van der Waals surface area contributed by atoms with Gasteiger partial charge in [0.2, 0.25) is 5.91 Å². The fourth-order valence-corrected chi connectivity index (χ4v) is 3.24. The monoisotopic (exact) mass is 331 g/mol. The van der Waals surface area contributed by atoms with Crippen LogP contribution in [-0.2, 0) is 15.0 Å². The second-order valence-electron chi connectivity index (χ2n) is 4.97. The Balaban J connectivity index is 2.32. The molecule has 0 bridgehead atoms. The third-order valence-electron chi connectivity index (χ3n) is 3.36. The summed E-state index contributed by atoms with van der Waals surface area (Å²) in [5, 5.41) is 9.24. The number of carbonyl (C=O) groups excluding carboxylic acids is 1. The molecule has 22 heavy (non-hydrogen) atoms. The molecule has 7 nitrogen and oxygen atoms in total. The van der Waals surface area contributed by atoms with Gasteiger partial charge in [-0.05, 0) is 18.2 Å². The standard InChI is InChI=1S/C13H14FNO6S/c1-21-9-2-3-11(10(5-9)13(17)18)15-6-8(4-12(15)16)7-22(14,19)20/h2-3,5,8H,4,6-7H2,1H3,(H,17,18). The minimum Gasteiger partial charge on any atom is -0.497 e. The van der Waals surface area contributed by atoms with E-state index in [1.807, 2.05) is 0 Å². The largest absolute Gasteiger partial charge is 0.497 e. The Labute approximate surface area is 126 Å². The zero-order chi connectivity index (χ0) is 16.5. The van der Waals surface area contributed by atoms with Crippen LogP contribution in [0.15, 0.2) is 18.2 Å². The van der Waals surface area contributed by atoms with Crippen LogP contribution in [0.4, 0.5) is 9.57 Å². The van der Waals surface area contributed by atoms with E-state index in [-0.39, 0.29) is 24.2 Å². The Bertz CT molecular complexity index is 717. The van der Waals surface area contributed by atoms with E-state index in [2.05, 4.69) is 0 Å². The van der Waals surface area contributed by atoms with Gasteiger partial charge in [-0.15, -0.1) is 3.89 Å². The molecule has 0 spiro atoms. The first kappa shape index (κ1) is 16.2. The summed E-state index contributed by atoms with van der Waals surface area (Å²) in [6, 6.07) is 4.17. The minimum absolute atomic E-state index is 0.0470. The zero-order valence-corrected chi connectivity index (χ0v) is 12.5. The van der Waals surface area contributed by atoms with Crippen molar-refractivity contribution >= 4 is 27.8 Å². The van der Waals surface area contributed by atoms with Crippen molar-refractivity contribution in [1.82, 2.24) is 0 Å². The third-order valence-corrected chi connectivity index (χ3v) is 4.23. The smallest absolute Gasteiger partial charge is 0.337 e. The van der Waals surface area contributed by atoms with Crippen LogP contribution in [0.2, 0.25) is 0 Å². The summed E-state index contributed by atoms with van der Waals surface area (Å²) in [6.07, 6.45) is -0.145. The number of nitrogens with zero attached hydrogens (tertiary/aromatic N) is 1. The number of methoxy groups -OCH3 is 1. The molecule has 2 rings (SSSR count). The van der Waals surface area contributed by atoms with E-state index in [0.29, 0.717) is 5.75 Å². The summed E-state index contributed by atoms with van der Waals surface area (Å²) >= 11 is 0. The van der Waals surface area contributed by atoms with E-state index in [9.17, 15) is 27.0 Å². The SMILES string of the molecule is COc1ccc(N2CC(CS(=O)(=O)F)CC2=O)c(C(=O)O)c1. The third kappa shape index (κ3) is 3.53. The molecule has 1 atom stereocenters. The number of carboxylic acid groups (broad SMARTS) is 1. The lowest BCUT2D eigenvalue weighted by Crippen LogP contribution is -2.27. The van der Waals surface area contributed by atoms with E-state index in [1.165, 1.54) is 30.2 Å². The number of hydrogen-bond donors (Lipinski definition) is 1. The average molecular weight is 331 g/mol. The number of carboxylic acids is 1. The first-order valence-electron chi connectivity index (χ1n) is 6.35. The lowest BCUT2D eigenvalue weighted by atomic mass is 10.1. The highest BCUT2D eigenvalue weighted by Gasteiger charge is 2.35. The predicted molar refractivity (Wildman–Crippen MR) is 75.3 cm³/mol. The highest BCUT2D eigenvalue weighted by molar-refractivity contribution is 7.86. The number of halogens is 1. The van der Waals surface area contributed by atoms with Gasteiger partial charge in [0.25, 0.3) is 0 Å². The second-order valence-corrected chi connectivity index (χ2v) is 6.38. The molecular weight excluding hydrogens is 317 g/mol. The Morgan fingerprint density at radius 3 is 2.73 bits per heavy atom. The number of carbonyl (C=O) groups is 2. The van der Waals surface area contributed by atoms with Gasteiger partial charge < -0.3 is 14.7 Å². The van der Waals surface area contributed by atoms with Crippen molar-refractivity contribution in [2.45, 2.75) is 6.42 Å². The fraction of sp³-hybridized carbons (Fsp3) is 0.385. The lowest BCUT2D eigenvalue weighted by Gasteiger charge is -2.19. The van der Waals surface area contributed by atoms with E-state index in [1.54, 1.807) is 0 Å². The Kier molecular flexibility index (Phi) is 4.36. The molecule has 1 aromatic rings. The van der Waals surface area contributed by atoms with Crippen molar-refractivity contribution in [2.24, 2.45) is 5.92 Å². The van der Waals surface area contributed by atoms with E-state index < -0.39 is 33.8 Å². The van der Waals surface area contributed by atoms with Crippen LogP contribution in [0.5, 0.6) is 5.75 Å². The maximum atomic E-state index is 12.7. The van der Waals surface area contributed by atoms with E-state index in [4.69, 9.17) is 4.74 Å². The van der Waals surface area contributed by atoms with Crippen molar-refractivity contribution in [2.75, 3.05) is 24.3 Å². The van der Waals surface area contributed by atoms with E-state index in [0.717, 1.165) is 0 Å². The first-order chi connectivity index (χ1) is 10.2. The van der Waals surface area contributed by atoms with Gasteiger partial charge in [0.05, 0.1) is 24.1 Å². The summed E-state index contributed by atoms with van der Waals surface area (Å²) in [5.41, 5.74) is -0.00601. The van der Waals surface area contributed by atoms with Crippen LogP contribution < -0.4 is 9.64 Å². The van der Waals surface area contributed by atoms with Gasteiger partial charge in [-0.1, -0.05) is 0 Å². The molecule has 0 aliphatic carbocycles. The van der Waals surface area contributed by atoms with Gasteiger partial charge >= 0.3 is 16.2 Å². The molecule has 9 heteroatoms. The molecule has 1 aromatic carbocycles. The first-order valence-corrected chi connectivity index (χ1v) is 7.90. The number of aromatic carboxylic acids is 1. The number of rotatable bonds is 5. The summed E-state index contributed by atoms with van der Waals surface area (Å²) in [4.78, 5) is 24.5. The van der Waals surface area contributed by atoms with Crippen LogP contribution in [0, 0.1) is 5.92 Å². The van der Waals surface area contributed by atoms with Crippen LogP contribution in [0.25, 0.3) is 0 Å². The van der Waals surface area contributed by atoms with Gasteiger partial charge in [0, 0.05) is 18.9 Å². The molecule has 0 radical (unpaired) electrons. The summed E-state index contributed by atoms with van der Waals surface area (Å²) in [6.45, 7) is -0.0470. The predicted octanol–water partition coefficient (Wildman–Crippen LogP) is 1.05. The summed E-state index contributed by atoms with van der Waals surface area (Å²) < 4.78 is 39.1. The molecule has 1 fully saturated rings. The molecule has 1 aliphatic rings. The van der Waals surface area contributed by atoms with Crippen molar-refractivity contribution in [1.29, 1.82) is 0 Å². The number of benzene rings is 1. The van der Waals surface area contributed by atoms with Crippen LogP contribution in [-0.4, -0.2) is 44.8 Å².